The fourth-order valence-corrected chi connectivity index (χ4v) is 8.90. The molecule has 0 bridgehead atoms. The fraction of sp³-hybridized carbons (Fsp3) is 0.520. The van der Waals surface area contributed by atoms with Gasteiger partial charge in [-0.25, -0.2) is 0 Å². The summed E-state index contributed by atoms with van der Waals surface area (Å²) in [5.74, 6) is 2.04. The van der Waals surface area contributed by atoms with Gasteiger partial charge in [0.15, 0.2) is 0 Å². The quantitative estimate of drug-likeness (QED) is 0.346. The Balaban J connectivity index is 2.87. The zero-order valence-corrected chi connectivity index (χ0v) is 22.7. The van der Waals surface area contributed by atoms with Crippen molar-refractivity contribution in [3.8, 4) is 22.6 Å². The summed E-state index contributed by atoms with van der Waals surface area (Å²) >= 11 is 0. The molecule has 2 aromatic rings. The third kappa shape index (κ3) is 5.97. The van der Waals surface area contributed by atoms with Gasteiger partial charge in [-0.1, -0.05) is 63.9 Å². The van der Waals surface area contributed by atoms with Gasteiger partial charge in [0.25, 0.3) is 0 Å². The lowest BCUT2D eigenvalue weighted by Gasteiger charge is -2.27. The minimum absolute atomic E-state index is 0.302. The van der Waals surface area contributed by atoms with Crippen LogP contribution >= 0.6 is 25.1 Å². The smallest absolute Gasteiger partial charge is 0.127 e. The van der Waals surface area contributed by atoms with E-state index in [4.69, 9.17) is 9.47 Å². The van der Waals surface area contributed by atoms with E-state index < -0.39 is 0 Å². The van der Waals surface area contributed by atoms with Crippen LogP contribution in [0.1, 0.15) is 45.1 Å². The average molecular weight is 465 g/mol. The van der Waals surface area contributed by atoms with Crippen LogP contribution in [0.2, 0.25) is 0 Å². The van der Waals surface area contributed by atoms with Gasteiger partial charge >= 0.3 is 0 Å². The lowest BCUT2D eigenvalue weighted by atomic mass is 10.0. The molecule has 0 saturated carbocycles. The fourth-order valence-electron chi connectivity index (χ4n) is 3.93. The molecule has 0 N–H and O–H groups in total. The average Bonchev–Trinajstić information content (AvgIpc) is 2.77. The van der Waals surface area contributed by atoms with Gasteiger partial charge in [0, 0.05) is 16.4 Å². The van der Waals surface area contributed by atoms with E-state index in [0.29, 0.717) is 0 Å². The molecular formula is C25H39O2P3. The first-order valence-electron chi connectivity index (χ1n) is 11.1. The number of hydrogen-bond donors (Lipinski definition) is 0. The number of unbranched alkanes of at least 4 members (excludes halogenated alkanes) is 2. The maximum Gasteiger partial charge on any atom is 0.127 e. The Labute approximate surface area is 189 Å². The maximum absolute atomic E-state index is 5.99. The SMILES string of the molecule is CCCCP(CCCC)c1c(OC)ccc(OC)c1-c1c(PC)cc(C)cc1PC. The van der Waals surface area contributed by atoms with Crippen molar-refractivity contribution in [2.24, 2.45) is 0 Å². The van der Waals surface area contributed by atoms with Gasteiger partial charge in [-0.15, -0.1) is 0 Å². The van der Waals surface area contributed by atoms with Crippen molar-refractivity contribution in [1.29, 1.82) is 0 Å². The molecule has 0 spiro atoms. The second-order valence-corrected chi connectivity index (χ2v) is 12.1. The van der Waals surface area contributed by atoms with Crippen LogP contribution in [0.25, 0.3) is 11.1 Å². The van der Waals surface area contributed by atoms with Crippen LogP contribution in [-0.4, -0.2) is 39.9 Å². The molecule has 2 aromatic carbocycles. The van der Waals surface area contributed by atoms with Gasteiger partial charge in [-0.2, -0.15) is 0 Å². The number of ether oxygens (including phenoxy) is 2. The minimum Gasteiger partial charge on any atom is -0.496 e. The largest absolute Gasteiger partial charge is 0.496 e. The van der Waals surface area contributed by atoms with E-state index in [1.165, 1.54) is 70.6 Å². The van der Waals surface area contributed by atoms with Crippen LogP contribution in [0.5, 0.6) is 11.5 Å². The van der Waals surface area contributed by atoms with Crippen LogP contribution in [0.3, 0.4) is 0 Å². The number of benzene rings is 2. The molecule has 0 radical (unpaired) electrons. The number of methoxy groups -OCH3 is 2. The Morgan fingerprint density at radius 3 is 1.73 bits per heavy atom. The predicted octanol–water partition coefficient (Wildman–Crippen LogP) is 6.25. The minimum atomic E-state index is -0.302. The van der Waals surface area contributed by atoms with Crippen LogP contribution in [0.4, 0.5) is 0 Å². The van der Waals surface area contributed by atoms with Gasteiger partial charge in [-0.05, 0) is 73.7 Å². The predicted molar refractivity (Wildman–Crippen MR) is 144 cm³/mol. The molecule has 30 heavy (non-hydrogen) atoms. The van der Waals surface area contributed by atoms with Gasteiger partial charge in [-0.3, -0.25) is 0 Å². The zero-order chi connectivity index (χ0) is 22.1. The number of rotatable bonds is 12. The summed E-state index contributed by atoms with van der Waals surface area (Å²) in [6.07, 6.45) is 7.55. The molecule has 0 heterocycles. The van der Waals surface area contributed by atoms with Crippen molar-refractivity contribution in [3.05, 3.63) is 29.8 Å². The Morgan fingerprint density at radius 2 is 1.30 bits per heavy atom. The van der Waals surface area contributed by atoms with Crippen molar-refractivity contribution >= 4 is 41.0 Å². The molecule has 2 rings (SSSR count). The summed E-state index contributed by atoms with van der Waals surface area (Å²) in [6.45, 7) is 11.4. The molecule has 0 amide bonds. The highest BCUT2D eigenvalue weighted by Crippen LogP contribution is 2.47. The summed E-state index contributed by atoms with van der Waals surface area (Å²) in [5.41, 5.74) is 4.08. The van der Waals surface area contributed by atoms with Crippen molar-refractivity contribution < 1.29 is 9.47 Å². The highest BCUT2D eigenvalue weighted by molar-refractivity contribution is 7.66. The normalized spacial score (nSPS) is 12.0. The van der Waals surface area contributed by atoms with Crippen molar-refractivity contribution in [2.75, 3.05) is 39.9 Å². The third-order valence-corrected chi connectivity index (χ3v) is 10.1. The molecule has 0 saturated heterocycles. The van der Waals surface area contributed by atoms with E-state index in [2.05, 4.69) is 58.4 Å². The molecule has 2 atom stereocenters. The van der Waals surface area contributed by atoms with E-state index in [0.717, 1.165) is 28.7 Å². The highest BCUT2D eigenvalue weighted by atomic mass is 31.1. The van der Waals surface area contributed by atoms with Crippen LogP contribution in [0, 0.1) is 6.92 Å². The van der Waals surface area contributed by atoms with E-state index in [1.807, 2.05) is 14.2 Å². The standard InChI is InChI=1S/C25H39O2P3/c1-8-10-14-30(15-11-9-2)25-20(27-5)13-12-19(26-4)23(25)24-21(28-6)16-18(3)17-22(24)29-7/h12-13,16-17,28-29H,8-11,14-15H2,1-7H3. The molecule has 0 aliphatic heterocycles. The Bertz CT molecular complexity index is 787. The monoisotopic (exact) mass is 464 g/mol. The van der Waals surface area contributed by atoms with Crippen molar-refractivity contribution in [1.82, 2.24) is 0 Å². The van der Waals surface area contributed by atoms with E-state index in [-0.39, 0.29) is 7.92 Å². The molecule has 5 heteroatoms. The summed E-state index contributed by atoms with van der Waals surface area (Å²) in [6, 6.07) is 8.98. The maximum atomic E-state index is 5.99. The number of hydrogen-bond acceptors (Lipinski definition) is 2. The lowest BCUT2D eigenvalue weighted by molar-refractivity contribution is 0.407. The summed E-state index contributed by atoms with van der Waals surface area (Å²) < 4.78 is 12.0. The van der Waals surface area contributed by atoms with Gasteiger partial charge in [0.2, 0.25) is 0 Å². The van der Waals surface area contributed by atoms with Crippen molar-refractivity contribution in [3.63, 3.8) is 0 Å². The molecule has 0 fully saturated rings. The first-order chi connectivity index (χ1) is 14.6. The van der Waals surface area contributed by atoms with Crippen LogP contribution in [0.15, 0.2) is 24.3 Å². The topological polar surface area (TPSA) is 18.5 Å². The second-order valence-electron chi connectivity index (χ2n) is 7.62. The second kappa shape index (κ2) is 13.0. The van der Waals surface area contributed by atoms with E-state index in [1.54, 1.807) is 0 Å². The van der Waals surface area contributed by atoms with Crippen molar-refractivity contribution in [2.45, 2.75) is 46.5 Å². The van der Waals surface area contributed by atoms with Crippen LogP contribution in [-0.2, 0) is 0 Å². The number of aryl methyl sites for hydroxylation is 1. The molecule has 0 aliphatic rings. The van der Waals surface area contributed by atoms with Gasteiger partial charge in [0.1, 0.15) is 11.5 Å². The Morgan fingerprint density at radius 1 is 0.800 bits per heavy atom. The Kier molecular flexibility index (Phi) is 11.1. The molecule has 2 unspecified atom stereocenters. The third-order valence-electron chi connectivity index (χ3n) is 5.49. The Hall–Kier alpha value is -0.670. The molecule has 0 aromatic heterocycles. The van der Waals surface area contributed by atoms with Gasteiger partial charge in [0.05, 0.1) is 14.2 Å². The van der Waals surface area contributed by atoms with Crippen LogP contribution < -0.4 is 25.4 Å². The molecular weight excluding hydrogens is 425 g/mol. The van der Waals surface area contributed by atoms with E-state index in [9.17, 15) is 0 Å². The summed E-state index contributed by atoms with van der Waals surface area (Å²) in [7, 11) is 4.84. The van der Waals surface area contributed by atoms with E-state index >= 15 is 0 Å². The van der Waals surface area contributed by atoms with Gasteiger partial charge < -0.3 is 9.47 Å². The zero-order valence-electron chi connectivity index (χ0n) is 19.8. The summed E-state index contributed by atoms with van der Waals surface area (Å²) in [5, 5.41) is 4.33. The highest BCUT2D eigenvalue weighted by Gasteiger charge is 2.26. The molecule has 2 nitrogen and oxygen atoms in total. The lowest BCUT2D eigenvalue weighted by Crippen LogP contribution is -2.21. The first-order valence-corrected chi connectivity index (χ1v) is 15.8. The molecule has 0 aliphatic carbocycles. The summed E-state index contributed by atoms with van der Waals surface area (Å²) in [4.78, 5) is 0. The first kappa shape index (κ1) is 25.6. The molecule has 166 valence electrons.